The van der Waals surface area contributed by atoms with Gasteiger partial charge in [0.25, 0.3) is 5.91 Å². The predicted molar refractivity (Wildman–Crippen MR) is 106 cm³/mol. The number of hydrogen-bond acceptors (Lipinski definition) is 4. The standard InChI is InChI=1S/C22H24N4O2/c1-2-20-23-13-15-26(20)21-12-6-10-18(24-21)19-11-7-14-25(19)22(27)16-28-17-8-4-3-5-9-17/h3-6,8-10,12-13,15,19H,2,7,11,14,16H2,1H3/t19-/m1/s1. The zero-order valence-corrected chi connectivity index (χ0v) is 16.0. The first-order valence-electron chi connectivity index (χ1n) is 9.73. The molecule has 6 heteroatoms. The van der Waals surface area contributed by atoms with Gasteiger partial charge < -0.3 is 9.64 Å². The number of benzene rings is 1. The molecule has 0 spiro atoms. The second-order valence-electron chi connectivity index (χ2n) is 6.83. The number of likely N-dealkylation sites (tertiary alicyclic amines) is 1. The van der Waals surface area contributed by atoms with Crippen molar-refractivity contribution < 1.29 is 9.53 Å². The number of imidazole rings is 1. The van der Waals surface area contributed by atoms with E-state index in [0.29, 0.717) is 5.75 Å². The van der Waals surface area contributed by atoms with Gasteiger partial charge in [-0.3, -0.25) is 9.36 Å². The van der Waals surface area contributed by atoms with E-state index in [-0.39, 0.29) is 18.6 Å². The normalized spacial score (nSPS) is 16.3. The average Bonchev–Trinajstić information content (AvgIpc) is 3.42. The first-order valence-corrected chi connectivity index (χ1v) is 9.73. The number of carbonyl (C=O) groups is 1. The first kappa shape index (κ1) is 18.2. The van der Waals surface area contributed by atoms with Crippen LogP contribution in [0.1, 0.15) is 37.3 Å². The monoisotopic (exact) mass is 376 g/mol. The molecule has 28 heavy (non-hydrogen) atoms. The number of aryl methyl sites for hydroxylation is 1. The number of rotatable bonds is 6. The minimum absolute atomic E-state index is 0.00423. The van der Waals surface area contributed by atoms with Gasteiger partial charge in [-0.05, 0) is 37.1 Å². The van der Waals surface area contributed by atoms with Crippen molar-refractivity contribution in [1.82, 2.24) is 19.4 Å². The first-order chi connectivity index (χ1) is 13.8. The highest BCUT2D eigenvalue weighted by Gasteiger charge is 2.31. The molecule has 0 radical (unpaired) electrons. The molecule has 1 aliphatic heterocycles. The van der Waals surface area contributed by atoms with Crippen LogP contribution in [0, 0.1) is 0 Å². The summed E-state index contributed by atoms with van der Waals surface area (Å²) < 4.78 is 7.66. The molecule has 1 fully saturated rings. The van der Waals surface area contributed by atoms with Crippen molar-refractivity contribution in [2.24, 2.45) is 0 Å². The van der Waals surface area contributed by atoms with E-state index in [1.807, 2.05) is 64.2 Å². The number of ether oxygens (including phenoxy) is 1. The molecule has 0 N–H and O–H groups in total. The Hall–Kier alpha value is -3.15. The van der Waals surface area contributed by atoms with Gasteiger partial charge in [-0.1, -0.05) is 31.2 Å². The Labute approximate surface area is 164 Å². The maximum absolute atomic E-state index is 12.8. The molecule has 6 nitrogen and oxygen atoms in total. The molecule has 144 valence electrons. The van der Waals surface area contributed by atoms with Crippen LogP contribution in [-0.4, -0.2) is 38.5 Å². The highest BCUT2D eigenvalue weighted by molar-refractivity contribution is 5.78. The maximum atomic E-state index is 12.8. The third kappa shape index (κ3) is 3.76. The second-order valence-corrected chi connectivity index (χ2v) is 6.83. The van der Waals surface area contributed by atoms with E-state index in [2.05, 4.69) is 11.9 Å². The van der Waals surface area contributed by atoms with E-state index in [1.165, 1.54) is 0 Å². The Bertz CT molecular complexity index is 938. The van der Waals surface area contributed by atoms with Crippen LogP contribution in [-0.2, 0) is 11.2 Å². The van der Waals surface area contributed by atoms with Gasteiger partial charge in [-0.15, -0.1) is 0 Å². The molecular weight excluding hydrogens is 352 g/mol. The smallest absolute Gasteiger partial charge is 0.261 e. The van der Waals surface area contributed by atoms with E-state index in [0.717, 1.165) is 43.1 Å². The average molecular weight is 376 g/mol. The summed E-state index contributed by atoms with van der Waals surface area (Å²) in [6.45, 7) is 2.85. The molecule has 2 aromatic heterocycles. The molecular formula is C22H24N4O2. The fourth-order valence-electron chi connectivity index (χ4n) is 3.68. The molecule has 3 heterocycles. The van der Waals surface area contributed by atoms with Crippen LogP contribution < -0.4 is 4.74 Å². The molecule has 1 aliphatic rings. The minimum Gasteiger partial charge on any atom is -0.484 e. The zero-order valence-electron chi connectivity index (χ0n) is 16.0. The van der Waals surface area contributed by atoms with Crippen molar-refractivity contribution >= 4 is 5.91 Å². The van der Waals surface area contributed by atoms with E-state index in [9.17, 15) is 4.79 Å². The number of hydrogen-bond donors (Lipinski definition) is 0. The lowest BCUT2D eigenvalue weighted by Gasteiger charge is -2.24. The number of amides is 1. The molecule has 1 saturated heterocycles. The van der Waals surface area contributed by atoms with Crippen LogP contribution in [0.4, 0.5) is 0 Å². The van der Waals surface area contributed by atoms with Crippen molar-refractivity contribution in [3.63, 3.8) is 0 Å². The fourth-order valence-corrected chi connectivity index (χ4v) is 3.68. The zero-order chi connectivity index (χ0) is 19.3. The number of aromatic nitrogens is 3. The lowest BCUT2D eigenvalue weighted by Crippen LogP contribution is -2.34. The van der Waals surface area contributed by atoms with Crippen LogP contribution in [0.5, 0.6) is 5.75 Å². The summed E-state index contributed by atoms with van der Waals surface area (Å²) in [5.74, 6) is 2.52. The molecule has 0 aliphatic carbocycles. The summed E-state index contributed by atoms with van der Waals surface area (Å²) in [7, 11) is 0. The van der Waals surface area contributed by atoms with Crippen LogP contribution >= 0.6 is 0 Å². The molecule has 3 aromatic rings. The van der Waals surface area contributed by atoms with E-state index < -0.39 is 0 Å². The summed E-state index contributed by atoms with van der Waals surface area (Å²) in [5.41, 5.74) is 0.916. The van der Waals surface area contributed by atoms with Crippen LogP contribution in [0.2, 0.25) is 0 Å². The Morgan fingerprint density at radius 3 is 2.86 bits per heavy atom. The van der Waals surface area contributed by atoms with Crippen LogP contribution in [0.25, 0.3) is 5.82 Å². The third-order valence-corrected chi connectivity index (χ3v) is 5.06. The van der Waals surface area contributed by atoms with Gasteiger partial charge in [0.2, 0.25) is 0 Å². The molecule has 1 amide bonds. The summed E-state index contributed by atoms with van der Waals surface area (Å²) >= 11 is 0. The van der Waals surface area contributed by atoms with Crippen molar-refractivity contribution in [2.75, 3.05) is 13.2 Å². The molecule has 0 bridgehead atoms. The molecule has 0 saturated carbocycles. The SMILES string of the molecule is CCc1nccn1-c1cccc([C@H]2CCCN2C(=O)COc2ccccc2)n1. The highest BCUT2D eigenvalue weighted by Crippen LogP contribution is 2.31. The van der Waals surface area contributed by atoms with Crippen molar-refractivity contribution in [2.45, 2.75) is 32.2 Å². The predicted octanol–water partition coefficient (Wildman–Crippen LogP) is 3.57. The van der Waals surface area contributed by atoms with Gasteiger partial charge in [0, 0.05) is 25.4 Å². The van der Waals surface area contributed by atoms with Crippen molar-refractivity contribution in [3.8, 4) is 11.6 Å². The summed E-state index contributed by atoms with van der Waals surface area (Å²) in [6.07, 6.45) is 6.44. The van der Waals surface area contributed by atoms with Crippen molar-refractivity contribution in [3.05, 3.63) is 72.4 Å². The molecule has 1 atom stereocenters. The molecule has 4 rings (SSSR count). The summed E-state index contributed by atoms with van der Waals surface area (Å²) in [5, 5.41) is 0. The van der Waals surface area contributed by atoms with E-state index in [4.69, 9.17) is 9.72 Å². The fraction of sp³-hybridized carbons (Fsp3) is 0.318. The quantitative estimate of drug-likeness (QED) is 0.660. The Balaban J connectivity index is 1.50. The van der Waals surface area contributed by atoms with E-state index in [1.54, 1.807) is 6.20 Å². The maximum Gasteiger partial charge on any atom is 0.261 e. The lowest BCUT2D eigenvalue weighted by atomic mass is 10.1. The number of para-hydroxylation sites is 1. The van der Waals surface area contributed by atoms with Gasteiger partial charge in [-0.2, -0.15) is 0 Å². The summed E-state index contributed by atoms with van der Waals surface area (Å²) in [4.78, 5) is 23.9. The number of nitrogens with zero attached hydrogens (tertiary/aromatic N) is 4. The number of carbonyl (C=O) groups excluding carboxylic acids is 1. The van der Waals surface area contributed by atoms with Gasteiger partial charge in [0.15, 0.2) is 6.61 Å². The van der Waals surface area contributed by atoms with Gasteiger partial charge in [-0.25, -0.2) is 9.97 Å². The third-order valence-electron chi connectivity index (χ3n) is 5.06. The minimum atomic E-state index is -0.0135. The van der Waals surface area contributed by atoms with Gasteiger partial charge in [0.1, 0.15) is 17.4 Å². The van der Waals surface area contributed by atoms with Crippen LogP contribution in [0.3, 0.4) is 0 Å². The van der Waals surface area contributed by atoms with E-state index >= 15 is 0 Å². The van der Waals surface area contributed by atoms with Crippen LogP contribution in [0.15, 0.2) is 60.9 Å². The number of pyridine rings is 1. The molecule has 1 aromatic carbocycles. The topological polar surface area (TPSA) is 60.2 Å². The van der Waals surface area contributed by atoms with Crippen molar-refractivity contribution in [1.29, 1.82) is 0 Å². The van der Waals surface area contributed by atoms with Gasteiger partial charge in [0.05, 0.1) is 11.7 Å². The second kappa shape index (κ2) is 8.25. The highest BCUT2D eigenvalue weighted by atomic mass is 16.5. The lowest BCUT2D eigenvalue weighted by molar-refractivity contribution is -0.134. The summed E-state index contributed by atoms with van der Waals surface area (Å²) in [6, 6.07) is 15.4. The largest absolute Gasteiger partial charge is 0.484 e. The van der Waals surface area contributed by atoms with Gasteiger partial charge >= 0.3 is 0 Å². The molecule has 0 unspecified atom stereocenters. The Morgan fingerprint density at radius 2 is 2.04 bits per heavy atom. The Kier molecular flexibility index (Phi) is 5.37. The Morgan fingerprint density at radius 1 is 1.18 bits per heavy atom.